The maximum Gasteiger partial charge on any atom is 0.389 e. The van der Waals surface area contributed by atoms with Crippen molar-refractivity contribution in [1.82, 2.24) is 15.2 Å². The van der Waals surface area contributed by atoms with Crippen LogP contribution in [0.4, 0.5) is 13.2 Å². The molecule has 22 heavy (non-hydrogen) atoms. The number of aromatic amines is 1. The van der Waals surface area contributed by atoms with E-state index in [9.17, 15) is 13.2 Å². The summed E-state index contributed by atoms with van der Waals surface area (Å²) >= 11 is 0. The Bertz CT molecular complexity index is 614. The minimum atomic E-state index is -4.11. The van der Waals surface area contributed by atoms with Crippen LogP contribution < -0.4 is 5.32 Å². The third-order valence-electron chi connectivity index (χ3n) is 4.27. The summed E-state index contributed by atoms with van der Waals surface area (Å²) < 4.78 is 38.1. The lowest BCUT2D eigenvalue weighted by atomic mass is 9.98. The average Bonchev–Trinajstić information content (AvgIpc) is 2.92. The Balaban J connectivity index is 1.89. The number of hydrogen-bond donors (Lipinski definition) is 2. The highest BCUT2D eigenvalue weighted by Crippen LogP contribution is 2.35. The Morgan fingerprint density at radius 3 is 2.59 bits per heavy atom. The second-order valence-corrected chi connectivity index (χ2v) is 5.75. The Hall–Kier alpha value is -1.53. The Labute approximate surface area is 127 Å². The van der Waals surface area contributed by atoms with Crippen LogP contribution in [0.5, 0.6) is 0 Å². The Kier molecular flexibility index (Phi) is 4.40. The minimum Gasteiger partial charge on any atom is -0.361 e. The monoisotopic (exact) mass is 311 g/mol. The zero-order chi connectivity index (χ0) is 15.6. The van der Waals surface area contributed by atoms with E-state index in [0.29, 0.717) is 0 Å². The van der Waals surface area contributed by atoms with Crippen molar-refractivity contribution >= 4 is 10.9 Å². The normalized spacial score (nSPS) is 18.7. The maximum atomic E-state index is 12.7. The van der Waals surface area contributed by atoms with E-state index >= 15 is 0 Å². The molecule has 0 bridgehead atoms. The summed E-state index contributed by atoms with van der Waals surface area (Å²) in [6.07, 6.45) is -2.89. The van der Waals surface area contributed by atoms with E-state index in [0.717, 1.165) is 42.6 Å². The fraction of sp³-hybridized carbons (Fsp3) is 0.500. The highest BCUT2D eigenvalue weighted by molar-refractivity contribution is 5.83. The maximum absolute atomic E-state index is 12.7. The molecule has 1 fully saturated rings. The molecule has 0 saturated carbocycles. The zero-order valence-electron chi connectivity index (χ0n) is 12.3. The quantitative estimate of drug-likeness (QED) is 0.906. The Morgan fingerprint density at radius 1 is 1.14 bits per heavy atom. The summed E-state index contributed by atoms with van der Waals surface area (Å²) in [6.45, 7) is 3.21. The molecule has 2 aromatic rings. The van der Waals surface area contributed by atoms with Crippen LogP contribution >= 0.6 is 0 Å². The lowest BCUT2D eigenvalue weighted by Gasteiger charge is -2.35. The van der Waals surface area contributed by atoms with Gasteiger partial charge in [0.15, 0.2) is 0 Å². The standard InChI is InChI=1S/C16H20F3N3/c17-16(18,19)6-5-15(22-9-7-20-8-10-22)13-11-21-14-4-2-1-3-12(13)14/h1-4,11,15,20-21H,5-10H2/t15-/m0/s1. The van der Waals surface area contributed by atoms with E-state index in [1.54, 1.807) is 0 Å². The SMILES string of the molecule is FC(F)(F)CC[C@@H](c1c[nH]c2ccccc12)N1CCNCC1. The van der Waals surface area contributed by atoms with Gasteiger partial charge in [-0.3, -0.25) is 4.90 Å². The second kappa shape index (κ2) is 6.30. The first kappa shape index (κ1) is 15.4. The Morgan fingerprint density at radius 2 is 1.86 bits per heavy atom. The van der Waals surface area contributed by atoms with Crippen LogP contribution in [0.1, 0.15) is 24.4 Å². The molecule has 3 rings (SSSR count). The van der Waals surface area contributed by atoms with Gasteiger partial charge >= 0.3 is 6.18 Å². The summed E-state index contributed by atoms with van der Waals surface area (Å²) in [7, 11) is 0. The highest BCUT2D eigenvalue weighted by Gasteiger charge is 2.32. The number of rotatable bonds is 4. The molecule has 0 radical (unpaired) electrons. The molecule has 0 spiro atoms. The lowest BCUT2D eigenvalue weighted by molar-refractivity contribution is -0.138. The molecular formula is C16H20F3N3. The van der Waals surface area contributed by atoms with Crippen molar-refractivity contribution < 1.29 is 13.2 Å². The number of halogens is 3. The van der Waals surface area contributed by atoms with E-state index in [1.807, 2.05) is 30.5 Å². The number of fused-ring (bicyclic) bond motifs is 1. The van der Waals surface area contributed by atoms with Gasteiger partial charge in [-0.2, -0.15) is 13.2 Å². The first-order chi connectivity index (χ1) is 10.5. The summed E-state index contributed by atoms with van der Waals surface area (Å²) in [6, 6.07) is 7.59. The fourth-order valence-electron chi connectivity index (χ4n) is 3.20. The third kappa shape index (κ3) is 3.44. The summed E-state index contributed by atoms with van der Waals surface area (Å²) in [5, 5.41) is 4.27. The van der Waals surface area contributed by atoms with Crippen LogP contribution in [0.3, 0.4) is 0 Å². The van der Waals surface area contributed by atoms with Crippen molar-refractivity contribution in [2.45, 2.75) is 25.1 Å². The van der Waals surface area contributed by atoms with Crippen LogP contribution in [-0.2, 0) is 0 Å². The molecule has 0 amide bonds. The van der Waals surface area contributed by atoms with Crippen LogP contribution in [-0.4, -0.2) is 42.2 Å². The molecule has 120 valence electrons. The number of piperazine rings is 1. The number of aromatic nitrogens is 1. The van der Waals surface area contributed by atoms with Gasteiger partial charge in [-0.1, -0.05) is 18.2 Å². The van der Waals surface area contributed by atoms with Crippen molar-refractivity contribution in [2.24, 2.45) is 0 Å². The van der Waals surface area contributed by atoms with Crippen LogP contribution in [0.15, 0.2) is 30.5 Å². The zero-order valence-corrected chi connectivity index (χ0v) is 12.3. The molecule has 1 aliphatic heterocycles. The first-order valence-electron chi connectivity index (χ1n) is 7.62. The molecule has 2 N–H and O–H groups in total. The molecule has 1 saturated heterocycles. The van der Waals surface area contributed by atoms with Gasteiger partial charge < -0.3 is 10.3 Å². The first-order valence-corrected chi connectivity index (χ1v) is 7.62. The minimum absolute atomic E-state index is 0.103. The van der Waals surface area contributed by atoms with E-state index in [4.69, 9.17) is 0 Å². The number of H-pyrrole nitrogens is 1. The van der Waals surface area contributed by atoms with Gasteiger partial charge in [0.05, 0.1) is 0 Å². The summed E-state index contributed by atoms with van der Waals surface area (Å²) in [5.74, 6) is 0. The molecule has 3 nitrogen and oxygen atoms in total. The molecular weight excluding hydrogens is 291 g/mol. The summed E-state index contributed by atoms with van der Waals surface area (Å²) in [5.41, 5.74) is 1.95. The number of alkyl halides is 3. The van der Waals surface area contributed by atoms with E-state index in [2.05, 4.69) is 15.2 Å². The topological polar surface area (TPSA) is 31.1 Å². The van der Waals surface area contributed by atoms with E-state index in [1.165, 1.54) is 0 Å². The predicted octanol–water partition coefficient (Wildman–Crippen LogP) is 3.46. The highest BCUT2D eigenvalue weighted by atomic mass is 19.4. The predicted molar refractivity (Wildman–Crippen MR) is 80.8 cm³/mol. The smallest absolute Gasteiger partial charge is 0.361 e. The second-order valence-electron chi connectivity index (χ2n) is 5.75. The van der Waals surface area contributed by atoms with Crippen molar-refractivity contribution in [3.05, 3.63) is 36.0 Å². The number of hydrogen-bond acceptors (Lipinski definition) is 2. The fourth-order valence-corrected chi connectivity index (χ4v) is 3.20. The molecule has 2 heterocycles. The average molecular weight is 311 g/mol. The number of para-hydroxylation sites is 1. The van der Waals surface area contributed by atoms with Gasteiger partial charge in [0.2, 0.25) is 0 Å². The van der Waals surface area contributed by atoms with Gasteiger partial charge in [0, 0.05) is 55.7 Å². The van der Waals surface area contributed by atoms with Gasteiger partial charge in [-0.15, -0.1) is 0 Å². The molecule has 6 heteroatoms. The van der Waals surface area contributed by atoms with Crippen LogP contribution in [0, 0.1) is 0 Å². The van der Waals surface area contributed by atoms with Gasteiger partial charge in [-0.25, -0.2) is 0 Å². The summed E-state index contributed by atoms with van der Waals surface area (Å²) in [4.78, 5) is 5.35. The van der Waals surface area contributed by atoms with E-state index < -0.39 is 12.6 Å². The lowest BCUT2D eigenvalue weighted by Crippen LogP contribution is -2.45. The van der Waals surface area contributed by atoms with Crippen molar-refractivity contribution in [2.75, 3.05) is 26.2 Å². The van der Waals surface area contributed by atoms with Crippen LogP contribution in [0.25, 0.3) is 10.9 Å². The molecule has 0 aliphatic carbocycles. The van der Waals surface area contributed by atoms with Crippen molar-refractivity contribution in [3.63, 3.8) is 0 Å². The number of nitrogens with one attached hydrogen (secondary N) is 2. The number of nitrogens with zero attached hydrogens (tertiary/aromatic N) is 1. The van der Waals surface area contributed by atoms with Crippen molar-refractivity contribution in [3.8, 4) is 0 Å². The molecule has 1 atom stereocenters. The van der Waals surface area contributed by atoms with Crippen molar-refractivity contribution in [1.29, 1.82) is 0 Å². The largest absolute Gasteiger partial charge is 0.389 e. The van der Waals surface area contributed by atoms with Gasteiger partial charge in [0.25, 0.3) is 0 Å². The molecule has 1 aromatic carbocycles. The molecule has 1 aromatic heterocycles. The van der Waals surface area contributed by atoms with Gasteiger partial charge in [-0.05, 0) is 18.1 Å². The third-order valence-corrected chi connectivity index (χ3v) is 4.27. The molecule has 1 aliphatic rings. The number of benzene rings is 1. The van der Waals surface area contributed by atoms with E-state index in [-0.39, 0.29) is 12.5 Å². The van der Waals surface area contributed by atoms with Crippen LogP contribution in [0.2, 0.25) is 0 Å². The van der Waals surface area contributed by atoms with Gasteiger partial charge in [0.1, 0.15) is 0 Å². The molecule has 0 unspecified atom stereocenters.